The van der Waals surface area contributed by atoms with E-state index in [9.17, 15) is 0 Å². The molecule has 0 fully saturated rings. The minimum Gasteiger partial charge on any atom is -0.158 e. The quantitative estimate of drug-likeness (QED) is 0.450. The highest BCUT2D eigenvalue weighted by Crippen LogP contribution is 2.12. The van der Waals surface area contributed by atoms with Gasteiger partial charge in [-0.05, 0) is 6.92 Å². The Kier molecular flexibility index (Phi) is 0.891. The third-order valence-corrected chi connectivity index (χ3v) is 2.02. The largest absolute Gasteiger partial charge is 0.195 e. The minimum absolute atomic E-state index is 0.708. The smallest absolute Gasteiger partial charge is 0.158 e. The van der Waals surface area contributed by atoms with Crippen LogP contribution >= 0.6 is 0 Å². The Bertz CT molecular complexity index is 214. The Morgan fingerprint density at radius 1 is 1.67 bits per heavy atom. The number of aryl methyl sites for hydroxylation is 1. The molecule has 1 aliphatic heterocycles. The highest BCUT2D eigenvalue weighted by Gasteiger charge is 2.22. The summed E-state index contributed by atoms with van der Waals surface area (Å²) in [5.41, 5.74) is 0. The summed E-state index contributed by atoms with van der Waals surface area (Å²) in [5, 5.41) is 0. The average molecular weight is 123 g/mol. The molecule has 2 rings (SSSR count). The van der Waals surface area contributed by atoms with E-state index in [-0.39, 0.29) is 0 Å². The summed E-state index contributed by atoms with van der Waals surface area (Å²) in [6, 6.07) is 2.80. The van der Waals surface area contributed by atoms with Crippen molar-refractivity contribution >= 4 is 0 Å². The van der Waals surface area contributed by atoms with Crippen LogP contribution in [0.2, 0.25) is 0 Å². The van der Waals surface area contributed by atoms with Crippen LogP contribution in [0, 0.1) is 0 Å². The van der Waals surface area contributed by atoms with Crippen LogP contribution in [0.4, 0.5) is 0 Å². The number of nitrogens with zero attached hydrogens (tertiary/aromatic N) is 2. The van der Waals surface area contributed by atoms with Crippen LogP contribution in [0.15, 0.2) is 18.5 Å². The minimum atomic E-state index is 0.708. The molecule has 2 heteroatoms. The second-order valence-corrected chi connectivity index (χ2v) is 2.67. The summed E-state index contributed by atoms with van der Waals surface area (Å²) in [6.45, 7) is 3.44. The van der Waals surface area contributed by atoms with E-state index < -0.39 is 0 Å². The van der Waals surface area contributed by atoms with Gasteiger partial charge in [-0.2, -0.15) is 4.68 Å². The van der Waals surface area contributed by atoms with Crippen molar-refractivity contribution in [2.75, 3.05) is 0 Å². The highest BCUT2D eigenvalue weighted by molar-refractivity contribution is 4.76. The summed E-state index contributed by atoms with van der Waals surface area (Å²) < 4.78 is 4.53. The zero-order valence-electron chi connectivity index (χ0n) is 5.62. The molecule has 0 aromatic carbocycles. The Morgan fingerprint density at radius 2 is 2.56 bits per heavy atom. The van der Waals surface area contributed by atoms with Gasteiger partial charge in [-0.25, -0.2) is 0 Å². The van der Waals surface area contributed by atoms with Crippen molar-refractivity contribution in [2.45, 2.75) is 25.9 Å². The van der Waals surface area contributed by atoms with Crippen LogP contribution in [0.3, 0.4) is 0 Å². The normalized spacial score (nSPS) is 24.3. The molecule has 1 atom stereocenters. The molecule has 0 amide bonds. The highest BCUT2D eigenvalue weighted by atomic mass is 15.4. The van der Waals surface area contributed by atoms with Crippen molar-refractivity contribution < 1.29 is 4.68 Å². The lowest BCUT2D eigenvalue weighted by Gasteiger charge is -1.94. The summed E-state index contributed by atoms with van der Waals surface area (Å²) in [7, 11) is 0. The number of fused-ring (bicyclic) bond motifs is 1. The molecule has 2 heterocycles. The van der Waals surface area contributed by atoms with E-state index >= 15 is 0 Å². The van der Waals surface area contributed by atoms with E-state index in [1.807, 2.05) is 0 Å². The molecule has 0 N–H and O–H groups in total. The number of hydrogen-bond acceptors (Lipinski definition) is 0. The van der Waals surface area contributed by atoms with Crippen molar-refractivity contribution in [2.24, 2.45) is 0 Å². The standard InChI is InChI=1S/C7H11N2/c1-7-3-6-8-4-2-5-9(7)8/h2,4-5,7H,3,6H2,1H3/q+1. The molecule has 0 saturated carbocycles. The van der Waals surface area contributed by atoms with Crippen LogP contribution in [0.5, 0.6) is 0 Å². The maximum atomic E-state index is 2.28. The number of hydrogen-bond donors (Lipinski definition) is 0. The Hall–Kier alpha value is -0.790. The maximum Gasteiger partial charge on any atom is 0.195 e. The van der Waals surface area contributed by atoms with Crippen LogP contribution in [0.1, 0.15) is 19.4 Å². The van der Waals surface area contributed by atoms with Gasteiger partial charge in [0, 0.05) is 12.5 Å². The molecular weight excluding hydrogens is 112 g/mol. The van der Waals surface area contributed by atoms with E-state index in [0.717, 1.165) is 0 Å². The Labute approximate surface area is 54.7 Å². The molecule has 0 spiro atoms. The second kappa shape index (κ2) is 1.59. The summed E-state index contributed by atoms with van der Waals surface area (Å²) in [5.74, 6) is 0. The SMILES string of the molecule is CC1CC[n+]2cccn21. The first-order valence-corrected chi connectivity index (χ1v) is 3.44. The first kappa shape index (κ1) is 5.03. The molecule has 2 nitrogen and oxygen atoms in total. The van der Waals surface area contributed by atoms with Gasteiger partial charge in [-0.15, -0.1) is 4.68 Å². The molecule has 1 aliphatic rings. The fraction of sp³-hybridized carbons (Fsp3) is 0.571. The van der Waals surface area contributed by atoms with Crippen molar-refractivity contribution in [1.82, 2.24) is 4.68 Å². The zero-order valence-corrected chi connectivity index (χ0v) is 5.62. The van der Waals surface area contributed by atoms with Crippen LogP contribution < -0.4 is 4.68 Å². The first-order valence-electron chi connectivity index (χ1n) is 3.44. The summed E-state index contributed by atoms with van der Waals surface area (Å²) in [4.78, 5) is 0. The first-order chi connectivity index (χ1) is 4.38. The van der Waals surface area contributed by atoms with Gasteiger partial charge in [0.2, 0.25) is 0 Å². The third kappa shape index (κ3) is 0.590. The molecule has 1 aromatic heterocycles. The molecule has 48 valence electrons. The van der Waals surface area contributed by atoms with Gasteiger partial charge < -0.3 is 0 Å². The second-order valence-electron chi connectivity index (χ2n) is 2.67. The molecule has 9 heavy (non-hydrogen) atoms. The molecule has 1 unspecified atom stereocenters. The van der Waals surface area contributed by atoms with Gasteiger partial charge in [-0.3, -0.25) is 0 Å². The molecular formula is C7H11N2+. The molecule has 0 aliphatic carbocycles. The predicted molar refractivity (Wildman–Crippen MR) is 34.0 cm³/mol. The summed E-state index contributed by atoms with van der Waals surface area (Å²) in [6.07, 6.45) is 5.56. The lowest BCUT2D eigenvalue weighted by molar-refractivity contribution is -0.758. The number of rotatable bonds is 0. The van der Waals surface area contributed by atoms with E-state index in [0.29, 0.717) is 6.04 Å². The lowest BCUT2D eigenvalue weighted by atomic mass is 10.3. The zero-order chi connectivity index (χ0) is 6.27. The van der Waals surface area contributed by atoms with Crippen LogP contribution in [0.25, 0.3) is 0 Å². The van der Waals surface area contributed by atoms with Crippen molar-refractivity contribution in [1.29, 1.82) is 0 Å². The fourth-order valence-corrected chi connectivity index (χ4v) is 1.43. The monoisotopic (exact) mass is 123 g/mol. The van der Waals surface area contributed by atoms with Crippen LogP contribution in [-0.2, 0) is 6.54 Å². The van der Waals surface area contributed by atoms with Crippen molar-refractivity contribution in [3.8, 4) is 0 Å². The molecule has 0 bridgehead atoms. The van der Waals surface area contributed by atoms with Gasteiger partial charge >= 0.3 is 0 Å². The van der Waals surface area contributed by atoms with Gasteiger partial charge in [0.15, 0.2) is 12.7 Å². The molecule has 0 radical (unpaired) electrons. The average Bonchev–Trinajstić information content (AvgIpc) is 2.35. The molecule has 0 saturated heterocycles. The third-order valence-electron chi connectivity index (χ3n) is 2.02. The predicted octanol–water partition coefficient (Wildman–Crippen LogP) is 0.740. The number of aromatic nitrogens is 2. The van der Waals surface area contributed by atoms with E-state index in [4.69, 9.17) is 0 Å². The lowest BCUT2D eigenvalue weighted by Crippen LogP contribution is -2.35. The van der Waals surface area contributed by atoms with Gasteiger partial charge in [-0.1, -0.05) is 0 Å². The van der Waals surface area contributed by atoms with Gasteiger partial charge in [0.1, 0.15) is 0 Å². The molecule has 1 aromatic rings. The van der Waals surface area contributed by atoms with Crippen LogP contribution in [-0.4, -0.2) is 4.68 Å². The Morgan fingerprint density at radius 3 is 3.33 bits per heavy atom. The van der Waals surface area contributed by atoms with E-state index in [2.05, 4.69) is 34.7 Å². The summed E-state index contributed by atoms with van der Waals surface area (Å²) >= 11 is 0. The van der Waals surface area contributed by atoms with E-state index in [1.54, 1.807) is 0 Å². The topological polar surface area (TPSA) is 8.81 Å². The van der Waals surface area contributed by atoms with Gasteiger partial charge in [0.25, 0.3) is 0 Å². The maximum absolute atomic E-state index is 2.28. The van der Waals surface area contributed by atoms with E-state index in [1.165, 1.54) is 13.0 Å². The van der Waals surface area contributed by atoms with Gasteiger partial charge in [0.05, 0.1) is 12.2 Å². The Balaban J connectivity index is 2.49. The fourth-order valence-electron chi connectivity index (χ4n) is 1.43. The van der Waals surface area contributed by atoms with Crippen molar-refractivity contribution in [3.05, 3.63) is 18.5 Å². The van der Waals surface area contributed by atoms with Crippen molar-refractivity contribution in [3.63, 3.8) is 0 Å².